The molecule has 0 unspecified atom stereocenters. The average Bonchev–Trinajstić information content (AvgIpc) is 3.01. The second kappa shape index (κ2) is 7.37. The van der Waals surface area contributed by atoms with Gasteiger partial charge in [0.25, 0.3) is 15.7 Å². The molecule has 3 rings (SSSR count). The minimum atomic E-state index is -3.61. The van der Waals surface area contributed by atoms with E-state index in [2.05, 4.69) is 9.88 Å². The topological polar surface area (TPSA) is 102 Å². The van der Waals surface area contributed by atoms with Gasteiger partial charge in [0.2, 0.25) is 0 Å². The van der Waals surface area contributed by atoms with E-state index in [0.717, 1.165) is 5.56 Å². The molecule has 27 heavy (non-hydrogen) atoms. The molecule has 9 nitrogen and oxygen atoms in total. The number of nitrogens with zero attached hydrogens (tertiary/aromatic N) is 5. The van der Waals surface area contributed by atoms with Crippen LogP contribution in [0.4, 0.5) is 5.69 Å². The molecule has 1 aliphatic heterocycles. The fourth-order valence-electron chi connectivity index (χ4n) is 3.22. The predicted molar refractivity (Wildman–Crippen MR) is 99.8 cm³/mol. The Morgan fingerprint density at radius 3 is 2.44 bits per heavy atom. The van der Waals surface area contributed by atoms with Crippen molar-refractivity contribution in [3.63, 3.8) is 0 Å². The summed E-state index contributed by atoms with van der Waals surface area (Å²) in [6.07, 6.45) is 1.53. The fraction of sp³-hybridized carbons (Fsp3) is 0.471. The minimum Gasteiger partial charge on any atom is -0.337 e. The standard InChI is InChI=1S/C17H23N5O4S/c1-13(15-5-4-6-16(11-15)22(23)24)20-7-9-21(10-8-20)27(25,26)17-12-19(3)14(2)18-17/h4-6,11-13H,7-10H2,1-3H3/t13-/m1/s1. The molecular weight excluding hydrogens is 370 g/mol. The molecule has 0 N–H and O–H groups in total. The van der Waals surface area contributed by atoms with Crippen molar-refractivity contribution in [3.05, 3.63) is 52.0 Å². The summed E-state index contributed by atoms with van der Waals surface area (Å²) >= 11 is 0. The van der Waals surface area contributed by atoms with Gasteiger partial charge in [0, 0.05) is 57.6 Å². The van der Waals surface area contributed by atoms with Crippen molar-refractivity contribution >= 4 is 15.7 Å². The first kappa shape index (κ1) is 19.5. The lowest BCUT2D eigenvalue weighted by Crippen LogP contribution is -2.49. The zero-order valence-corrected chi connectivity index (χ0v) is 16.4. The van der Waals surface area contributed by atoms with E-state index in [4.69, 9.17) is 0 Å². The molecule has 1 aromatic heterocycles. The molecular formula is C17H23N5O4S. The van der Waals surface area contributed by atoms with E-state index < -0.39 is 14.9 Å². The second-order valence-electron chi connectivity index (χ2n) is 6.71. The van der Waals surface area contributed by atoms with Crippen LogP contribution in [-0.2, 0) is 17.1 Å². The lowest BCUT2D eigenvalue weighted by atomic mass is 10.1. The minimum absolute atomic E-state index is 0.0353. The van der Waals surface area contributed by atoms with Gasteiger partial charge in [-0.25, -0.2) is 13.4 Å². The molecule has 1 fully saturated rings. The van der Waals surface area contributed by atoms with Gasteiger partial charge in [-0.2, -0.15) is 4.31 Å². The van der Waals surface area contributed by atoms with Crippen LogP contribution in [0, 0.1) is 17.0 Å². The van der Waals surface area contributed by atoms with Crippen LogP contribution in [0.3, 0.4) is 0 Å². The van der Waals surface area contributed by atoms with Crippen LogP contribution in [-0.4, -0.2) is 58.3 Å². The third-order valence-electron chi connectivity index (χ3n) is 5.08. The predicted octanol–water partition coefficient (Wildman–Crippen LogP) is 1.70. The summed E-state index contributed by atoms with van der Waals surface area (Å²) in [5.41, 5.74) is 0.909. The normalized spacial score (nSPS) is 17.7. The van der Waals surface area contributed by atoms with E-state index in [1.54, 1.807) is 30.7 Å². The van der Waals surface area contributed by atoms with E-state index in [0.29, 0.717) is 32.0 Å². The lowest BCUT2D eigenvalue weighted by Gasteiger charge is -2.37. The molecule has 0 aliphatic carbocycles. The highest BCUT2D eigenvalue weighted by Gasteiger charge is 2.32. The molecule has 0 saturated carbocycles. The largest absolute Gasteiger partial charge is 0.337 e. The first-order valence-electron chi connectivity index (χ1n) is 8.68. The number of nitro groups is 1. The van der Waals surface area contributed by atoms with Crippen molar-refractivity contribution in [2.45, 2.75) is 24.9 Å². The quantitative estimate of drug-likeness (QED) is 0.566. The maximum absolute atomic E-state index is 12.8. The Labute approximate surface area is 158 Å². The Balaban J connectivity index is 1.69. The highest BCUT2D eigenvalue weighted by molar-refractivity contribution is 7.89. The number of rotatable bonds is 5. The number of benzene rings is 1. The van der Waals surface area contributed by atoms with Crippen molar-refractivity contribution in [3.8, 4) is 0 Å². The number of hydrogen-bond donors (Lipinski definition) is 0. The molecule has 0 spiro atoms. The van der Waals surface area contributed by atoms with E-state index >= 15 is 0 Å². The number of sulfonamides is 1. The molecule has 2 heterocycles. The van der Waals surface area contributed by atoms with Crippen LogP contribution < -0.4 is 0 Å². The summed E-state index contributed by atoms with van der Waals surface area (Å²) in [6, 6.07) is 6.54. The Hall–Kier alpha value is -2.30. The molecule has 1 saturated heterocycles. The molecule has 2 aromatic rings. The fourth-order valence-corrected chi connectivity index (χ4v) is 4.67. The summed E-state index contributed by atoms with van der Waals surface area (Å²) < 4.78 is 28.7. The monoisotopic (exact) mass is 393 g/mol. The van der Waals surface area contributed by atoms with Crippen molar-refractivity contribution < 1.29 is 13.3 Å². The Bertz CT molecular complexity index is 928. The molecule has 10 heteroatoms. The number of nitro benzene ring substituents is 1. The van der Waals surface area contributed by atoms with E-state index in [-0.39, 0.29) is 16.8 Å². The van der Waals surface area contributed by atoms with Crippen LogP contribution in [0.5, 0.6) is 0 Å². The summed E-state index contributed by atoms with van der Waals surface area (Å²) in [6.45, 7) is 5.56. The molecule has 146 valence electrons. The van der Waals surface area contributed by atoms with Gasteiger partial charge < -0.3 is 4.57 Å². The average molecular weight is 393 g/mol. The number of imidazole rings is 1. The molecule has 1 aromatic carbocycles. The summed E-state index contributed by atoms with van der Waals surface area (Å²) in [7, 11) is -1.85. The number of aromatic nitrogens is 2. The molecule has 0 radical (unpaired) electrons. The summed E-state index contributed by atoms with van der Waals surface area (Å²) in [5, 5.41) is 11.0. The van der Waals surface area contributed by atoms with Crippen LogP contribution in [0.25, 0.3) is 0 Å². The number of piperazine rings is 1. The van der Waals surface area contributed by atoms with Crippen LogP contribution >= 0.6 is 0 Å². The van der Waals surface area contributed by atoms with Gasteiger partial charge in [0.05, 0.1) is 4.92 Å². The molecule has 0 bridgehead atoms. The Morgan fingerprint density at radius 2 is 1.89 bits per heavy atom. The first-order valence-corrected chi connectivity index (χ1v) is 10.1. The third kappa shape index (κ3) is 3.87. The number of hydrogen-bond acceptors (Lipinski definition) is 6. The van der Waals surface area contributed by atoms with Crippen LogP contribution in [0.2, 0.25) is 0 Å². The van der Waals surface area contributed by atoms with Gasteiger partial charge in [-0.05, 0) is 19.4 Å². The van der Waals surface area contributed by atoms with Crippen molar-refractivity contribution in [2.24, 2.45) is 7.05 Å². The smallest absolute Gasteiger partial charge is 0.269 e. The van der Waals surface area contributed by atoms with Gasteiger partial charge in [-0.3, -0.25) is 15.0 Å². The Morgan fingerprint density at radius 1 is 1.22 bits per heavy atom. The summed E-state index contributed by atoms with van der Waals surface area (Å²) in [4.78, 5) is 16.8. The van der Waals surface area contributed by atoms with Gasteiger partial charge >= 0.3 is 0 Å². The van der Waals surface area contributed by atoms with Crippen molar-refractivity contribution in [2.75, 3.05) is 26.2 Å². The second-order valence-corrected chi connectivity index (χ2v) is 8.59. The highest BCUT2D eigenvalue weighted by atomic mass is 32.2. The van der Waals surface area contributed by atoms with Gasteiger partial charge in [0.15, 0.2) is 5.03 Å². The molecule has 1 atom stereocenters. The maximum atomic E-state index is 12.8. The zero-order valence-electron chi connectivity index (χ0n) is 15.6. The number of aryl methyl sites for hydroxylation is 2. The van der Waals surface area contributed by atoms with E-state index in [9.17, 15) is 18.5 Å². The zero-order chi connectivity index (χ0) is 19.8. The van der Waals surface area contributed by atoms with Crippen LogP contribution in [0.15, 0.2) is 35.5 Å². The lowest BCUT2D eigenvalue weighted by molar-refractivity contribution is -0.385. The van der Waals surface area contributed by atoms with E-state index in [1.165, 1.54) is 16.6 Å². The van der Waals surface area contributed by atoms with Crippen LogP contribution in [0.1, 0.15) is 24.4 Å². The first-order chi connectivity index (χ1) is 12.7. The maximum Gasteiger partial charge on any atom is 0.269 e. The van der Waals surface area contributed by atoms with Gasteiger partial charge in [-0.15, -0.1) is 0 Å². The molecule has 1 aliphatic rings. The highest BCUT2D eigenvalue weighted by Crippen LogP contribution is 2.26. The Kier molecular flexibility index (Phi) is 5.31. The van der Waals surface area contributed by atoms with Crippen molar-refractivity contribution in [1.29, 1.82) is 0 Å². The van der Waals surface area contributed by atoms with Gasteiger partial charge in [0.1, 0.15) is 5.82 Å². The summed E-state index contributed by atoms with van der Waals surface area (Å²) in [5.74, 6) is 0.645. The van der Waals surface area contributed by atoms with E-state index in [1.807, 2.05) is 13.0 Å². The SMILES string of the molecule is Cc1nc(S(=O)(=O)N2CCN([C@H](C)c3cccc([N+](=O)[O-])c3)CC2)cn1C. The van der Waals surface area contributed by atoms with Gasteiger partial charge in [-0.1, -0.05) is 12.1 Å². The molecule has 0 amide bonds. The van der Waals surface area contributed by atoms with Crippen molar-refractivity contribution in [1.82, 2.24) is 18.8 Å². The number of non-ortho nitro benzene ring substituents is 1. The third-order valence-corrected chi connectivity index (χ3v) is 6.85.